The van der Waals surface area contributed by atoms with E-state index in [0.717, 1.165) is 29.6 Å². The Morgan fingerprint density at radius 2 is 2.20 bits per heavy atom. The van der Waals surface area contributed by atoms with Gasteiger partial charge < -0.3 is 4.90 Å². The minimum Gasteiger partial charge on any atom is -0.356 e. The maximum absolute atomic E-state index is 10.7. The first-order valence-corrected chi connectivity index (χ1v) is 6.98. The molecular formula is C8H11N3O2S2. The van der Waals surface area contributed by atoms with Crippen LogP contribution in [0.2, 0.25) is 0 Å². The second kappa shape index (κ2) is 4.28. The molecule has 0 unspecified atom stereocenters. The summed E-state index contributed by atoms with van der Waals surface area (Å²) in [4.78, 5) is 12.4. The lowest BCUT2D eigenvalue weighted by atomic mass is 10.4. The molecule has 0 bridgehead atoms. The van der Waals surface area contributed by atoms with Gasteiger partial charge in [-0.05, 0) is 5.38 Å². The number of nitrogens with zero attached hydrogens (tertiary/aromatic N) is 2. The van der Waals surface area contributed by atoms with Crippen molar-refractivity contribution < 1.29 is 4.92 Å². The molecule has 0 amide bonds. The van der Waals surface area contributed by atoms with Crippen molar-refractivity contribution in [2.75, 3.05) is 29.5 Å². The summed E-state index contributed by atoms with van der Waals surface area (Å²) in [6.45, 7) is 1.54. The lowest BCUT2D eigenvalue weighted by molar-refractivity contribution is -0.383. The van der Waals surface area contributed by atoms with Crippen molar-refractivity contribution in [3.05, 3.63) is 21.6 Å². The summed E-state index contributed by atoms with van der Waals surface area (Å²) in [5.41, 5.74) is 0.201. The highest BCUT2D eigenvalue weighted by atomic mass is 32.2. The van der Waals surface area contributed by atoms with Crippen molar-refractivity contribution in [3.63, 3.8) is 0 Å². The molecule has 82 valence electrons. The third kappa shape index (κ3) is 2.18. The second-order valence-corrected chi connectivity index (χ2v) is 5.95. The van der Waals surface area contributed by atoms with Crippen molar-refractivity contribution in [1.29, 1.82) is 4.78 Å². The van der Waals surface area contributed by atoms with E-state index in [4.69, 9.17) is 4.78 Å². The summed E-state index contributed by atoms with van der Waals surface area (Å²) >= 11 is 1.41. The zero-order valence-corrected chi connectivity index (χ0v) is 9.64. The van der Waals surface area contributed by atoms with Crippen molar-refractivity contribution in [1.82, 2.24) is 0 Å². The summed E-state index contributed by atoms with van der Waals surface area (Å²) in [7, 11) is -0.247. The van der Waals surface area contributed by atoms with Gasteiger partial charge in [-0.1, -0.05) is 0 Å². The fourth-order valence-electron chi connectivity index (χ4n) is 1.53. The first kappa shape index (κ1) is 10.6. The molecule has 1 aromatic rings. The highest BCUT2D eigenvalue weighted by Crippen LogP contribution is 2.34. The van der Waals surface area contributed by atoms with E-state index < -0.39 is 0 Å². The fourth-order valence-corrected chi connectivity index (χ4v) is 3.53. The Bertz CT molecular complexity index is 394. The van der Waals surface area contributed by atoms with E-state index in [2.05, 4.69) is 0 Å². The number of anilines is 1. The molecule has 0 spiro atoms. The van der Waals surface area contributed by atoms with Crippen molar-refractivity contribution in [2.24, 2.45) is 0 Å². The molecule has 2 rings (SSSR count). The Balaban J connectivity index is 2.19. The summed E-state index contributed by atoms with van der Waals surface area (Å²) in [5.74, 6) is 1.66. The number of hydrogen-bond donors (Lipinski definition) is 1. The predicted molar refractivity (Wildman–Crippen MR) is 63.0 cm³/mol. The largest absolute Gasteiger partial charge is 0.356 e. The van der Waals surface area contributed by atoms with Gasteiger partial charge in [-0.25, -0.2) is 0 Å². The van der Waals surface area contributed by atoms with Crippen LogP contribution in [0.25, 0.3) is 0 Å². The summed E-state index contributed by atoms with van der Waals surface area (Å²) in [5, 5.41) is 13.2. The van der Waals surface area contributed by atoms with Gasteiger partial charge in [0.1, 0.15) is 0 Å². The van der Waals surface area contributed by atoms with Crippen LogP contribution >= 0.6 is 11.3 Å². The molecule has 1 N–H and O–H groups in total. The van der Waals surface area contributed by atoms with Gasteiger partial charge >= 0.3 is 5.69 Å². The summed E-state index contributed by atoms with van der Waals surface area (Å²) in [6, 6.07) is 1.55. The van der Waals surface area contributed by atoms with Crippen LogP contribution in [0.1, 0.15) is 0 Å². The zero-order chi connectivity index (χ0) is 10.8. The first-order chi connectivity index (χ1) is 7.18. The highest BCUT2D eigenvalue weighted by Gasteiger charge is 2.23. The number of nitro groups is 1. The molecule has 1 fully saturated rings. The van der Waals surface area contributed by atoms with Gasteiger partial charge in [-0.3, -0.25) is 14.9 Å². The van der Waals surface area contributed by atoms with Crippen LogP contribution in [-0.4, -0.2) is 29.5 Å². The van der Waals surface area contributed by atoms with E-state index >= 15 is 0 Å². The Hall–Kier alpha value is -0.950. The van der Waals surface area contributed by atoms with Gasteiger partial charge in [0, 0.05) is 30.7 Å². The average Bonchev–Trinajstić information content (AvgIpc) is 2.67. The van der Waals surface area contributed by atoms with E-state index in [0.29, 0.717) is 0 Å². The van der Waals surface area contributed by atoms with Crippen LogP contribution in [0.3, 0.4) is 0 Å². The fraction of sp³-hybridized carbons (Fsp3) is 0.500. The minimum absolute atomic E-state index is 0.201. The van der Waals surface area contributed by atoms with E-state index in [1.54, 1.807) is 11.4 Å². The Morgan fingerprint density at radius 1 is 1.53 bits per heavy atom. The van der Waals surface area contributed by atoms with Crippen LogP contribution in [0, 0.1) is 14.9 Å². The zero-order valence-electron chi connectivity index (χ0n) is 8.01. The van der Waals surface area contributed by atoms with Gasteiger partial charge in [0.2, 0.25) is 0 Å². The van der Waals surface area contributed by atoms with Gasteiger partial charge in [-0.15, -0.1) is 22.0 Å². The van der Waals surface area contributed by atoms with Crippen LogP contribution in [0.4, 0.5) is 10.7 Å². The van der Waals surface area contributed by atoms with Crippen LogP contribution in [0.5, 0.6) is 0 Å². The monoisotopic (exact) mass is 245 g/mol. The molecule has 0 atom stereocenters. The van der Waals surface area contributed by atoms with Gasteiger partial charge in [-0.2, -0.15) is 0 Å². The molecule has 1 aliphatic heterocycles. The Kier molecular flexibility index (Phi) is 3.01. The lowest BCUT2D eigenvalue weighted by Crippen LogP contribution is -2.37. The van der Waals surface area contributed by atoms with Crippen LogP contribution in [0.15, 0.2) is 11.4 Å². The molecule has 1 aromatic heterocycles. The third-order valence-electron chi connectivity index (χ3n) is 2.32. The molecule has 15 heavy (non-hydrogen) atoms. The highest BCUT2D eigenvalue weighted by molar-refractivity contribution is 7.86. The standard InChI is InChI=1S/C8H11N3O2S2/c9-15-5-2-10(3-6-15)8-7(11(12)13)1-4-14-8/h1,4,9H,2-3,5-6H2. The Morgan fingerprint density at radius 3 is 2.80 bits per heavy atom. The molecule has 0 saturated carbocycles. The smallest absolute Gasteiger partial charge is 0.303 e. The minimum atomic E-state index is -0.332. The molecule has 5 nitrogen and oxygen atoms in total. The first-order valence-electron chi connectivity index (χ1n) is 4.54. The van der Waals surface area contributed by atoms with Crippen LogP contribution in [-0.2, 0) is 10.7 Å². The average molecular weight is 245 g/mol. The molecule has 0 aromatic carbocycles. The van der Waals surface area contributed by atoms with E-state index in [1.807, 2.05) is 4.90 Å². The van der Waals surface area contributed by atoms with Crippen LogP contribution < -0.4 is 4.90 Å². The topological polar surface area (TPSA) is 70.2 Å². The maximum Gasteiger partial charge on any atom is 0.303 e. The quantitative estimate of drug-likeness (QED) is 0.638. The molecule has 0 radical (unpaired) electrons. The SMILES string of the molecule is N=S1CCN(c2sccc2[N+](=O)[O-])CC1. The number of hydrogen-bond acceptors (Lipinski definition) is 5. The maximum atomic E-state index is 10.7. The number of nitrogens with one attached hydrogen (secondary N) is 1. The van der Waals surface area contributed by atoms with Gasteiger partial charge in [0.05, 0.1) is 4.92 Å². The molecule has 1 aliphatic rings. The van der Waals surface area contributed by atoms with Crippen molar-refractivity contribution >= 4 is 32.7 Å². The summed E-state index contributed by atoms with van der Waals surface area (Å²) < 4.78 is 7.60. The van der Waals surface area contributed by atoms with E-state index in [-0.39, 0.29) is 21.3 Å². The molecular weight excluding hydrogens is 234 g/mol. The lowest BCUT2D eigenvalue weighted by Gasteiger charge is -2.27. The normalized spacial score (nSPS) is 18.0. The number of rotatable bonds is 2. The summed E-state index contributed by atoms with van der Waals surface area (Å²) in [6.07, 6.45) is 0. The molecule has 2 heterocycles. The Labute approximate surface area is 93.8 Å². The van der Waals surface area contributed by atoms with Crippen molar-refractivity contribution in [3.8, 4) is 0 Å². The number of thiophene rings is 1. The molecule has 7 heteroatoms. The van der Waals surface area contributed by atoms with E-state index in [1.165, 1.54) is 11.3 Å². The second-order valence-electron chi connectivity index (χ2n) is 3.26. The molecule has 0 aliphatic carbocycles. The van der Waals surface area contributed by atoms with Crippen molar-refractivity contribution in [2.45, 2.75) is 0 Å². The molecule has 1 saturated heterocycles. The predicted octanol–water partition coefficient (Wildman–Crippen LogP) is 1.86. The van der Waals surface area contributed by atoms with E-state index in [9.17, 15) is 10.1 Å². The van der Waals surface area contributed by atoms with Gasteiger partial charge in [0.25, 0.3) is 0 Å². The van der Waals surface area contributed by atoms with Gasteiger partial charge in [0.15, 0.2) is 5.00 Å². The third-order valence-corrected chi connectivity index (χ3v) is 4.64.